The SMILES string of the molecule is CC(CN(C)C(=O)c1ccc(F)cc1C(F)(F)F)C1NNNN1. The zero-order valence-electron chi connectivity index (χ0n) is 12.5. The van der Waals surface area contributed by atoms with Crippen molar-refractivity contribution in [1.29, 1.82) is 0 Å². The number of alkyl halides is 3. The molecule has 4 N–H and O–H groups in total. The molecule has 10 heteroatoms. The first kappa shape index (κ1) is 17.6. The quantitative estimate of drug-likeness (QED) is 0.618. The summed E-state index contributed by atoms with van der Waals surface area (Å²) in [6, 6.07) is 2.03. The number of hydrogen-bond acceptors (Lipinski definition) is 5. The summed E-state index contributed by atoms with van der Waals surface area (Å²) in [6.45, 7) is 2.01. The molecule has 128 valence electrons. The molecular formula is C13H17F4N5O. The van der Waals surface area contributed by atoms with Gasteiger partial charge >= 0.3 is 6.18 Å². The highest BCUT2D eigenvalue weighted by atomic mass is 19.4. The maximum atomic E-state index is 13.1. The van der Waals surface area contributed by atoms with Crippen LogP contribution in [0.5, 0.6) is 0 Å². The zero-order chi connectivity index (χ0) is 17.2. The van der Waals surface area contributed by atoms with E-state index in [-0.39, 0.29) is 18.6 Å². The third-order valence-corrected chi connectivity index (χ3v) is 3.51. The van der Waals surface area contributed by atoms with Crippen molar-refractivity contribution in [1.82, 2.24) is 26.8 Å². The number of benzene rings is 1. The fourth-order valence-electron chi connectivity index (χ4n) is 2.31. The van der Waals surface area contributed by atoms with Crippen molar-refractivity contribution in [2.45, 2.75) is 19.3 Å². The molecule has 1 atom stereocenters. The second-order valence-electron chi connectivity index (χ2n) is 5.37. The van der Waals surface area contributed by atoms with E-state index < -0.39 is 29.0 Å². The third kappa shape index (κ3) is 4.16. The lowest BCUT2D eigenvalue weighted by Crippen LogP contribution is -2.45. The van der Waals surface area contributed by atoms with E-state index in [4.69, 9.17) is 0 Å². The fraction of sp³-hybridized carbons (Fsp3) is 0.462. The molecule has 1 aromatic rings. The third-order valence-electron chi connectivity index (χ3n) is 3.51. The van der Waals surface area contributed by atoms with E-state index in [1.54, 1.807) is 0 Å². The van der Waals surface area contributed by atoms with Crippen molar-refractivity contribution in [2.24, 2.45) is 5.92 Å². The standard InChI is InChI=1S/C13H17F4N5O/c1-7(11-18-20-21-19-11)6-22(2)12(23)9-4-3-8(14)5-10(9)13(15,16)17/h3-5,7,11,18-21H,6H2,1-2H3. The summed E-state index contributed by atoms with van der Waals surface area (Å²) in [7, 11) is 1.40. The first-order valence-electron chi connectivity index (χ1n) is 6.83. The Balaban J connectivity index is 2.16. The molecule has 1 saturated heterocycles. The Morgan fingerprint density at radius 2 is 1.91 bits per heavy atom. The number of hydrazine groups is 3. The van der Waals surface area contributed by atoms with Crippen molar-refractivity contribution in [3.05, 3.63) is 35.1 Å². The van der Waals surface area contributed by atoms with Gasteiger partial charge in [-0.05, 0) is 18.2 Å². The van der Waals surface area contributed by atoms with Crippen LogP contribution in [-0.4, -0.2) is 30.6 Å². The predicted octanol–water partition coefficient (Wildman–Crippen LogP) is 0.996. The second kappa shape index (κ2) is 6.79. The highest BCUT2D eigenvalue weighted by Gasteiger charge is 2.36. The van der Waals surface area contributed by atoms with Gasteiger partial charge in [-0.2, -0.15) is 24.2 Å². The Bertz CT molecular complexity index is 574. The Morgan fingerprint density at radius 3 is 2.48 bits per heavy atom. The molecule has 2 rings (SSSR count). The Labute approximate surface area is 130 Å². The van der Waals surface area contributed by atoms with Crippen LogP contribution >= 0.6 is 0 Å². The van der Waals surface area contributed by atoms with Gasteiger partial charge in [0.25, 0.3) is 5.91 Å². The molecule has 0 radical (unpaired) electrons. The van der Waals surface area contributed by atoms with E-state index in [9.17, 15) is 22.4 Å². The molecule has 0 aromatic heterocycles. The molecule has 1 heterocycles. The van der Waals surface area contributed by atoms with Crippen LogP contribution in [0.4, 0.5) is 17.6 Å². The van der Waals surface area contributed by atoms with Crippen LogP contribution in [0.2, 0.25) is 0 Å². The fourth-order valence-corrected chi connectivity index (χ4v) is 2.31. The monoisotopic (exact) mass is 335 g/mol. The summed E-state index contributed by atoms with van der Waals surface area (Å²) >= 11 is 0. The van der Waals surface area contributed by atoms with Gasteiger partial charge in [-0.3, -0.25) is 4.79 Å². The smallest absolute Gasteiger partial charge is 0.341 e. The average molecular weight is 335 g/mol. The van der Waals surface area contributed by atoms with E-state index in [1.807, 2.05) is 6.92 Å². The van der Waals surface area contributed by atoms with Gasteiger partial charge in [0, 0.05) is 19.5 Å². The lowest BCUT2D eigenvalue weighted by atomic mass is 10.0. The maximum absolute atomic E-state index is 13.1. The van der Waals surface area contributed by atoms with Crippen molar-refractivity contribution in [2.75, 3.05) is 13.6 Å². The van der Waals surface area contributed by atoms with Gasteiger partial charge in [0.1, 0.15) is 5.82 Å². The molecule has 1 aromatic carbocycles. The van der Waals surface area contributed by atoms with E-state index in [0.717, 1.165) is 12.1 Å². The van der Waals surface area contributed by atoms with Crippen molar-refractivity contribution in [3.8, 4) is 0 Å². The Morgan fingerprint density at radius 1 is 1.30 bits per heavy atom. The topological polar surface area (TPSA) is 68.4 Å². The number of nitrogens with one attached hydrogen (secondary N) is 4. The number of carbonyl (C=O) groups is 1. The van der Waals surface area contributed by atoms with Crippen LogP contribution in [0, 0.1) is 11.7 Å². The van der Waals surface area contributed by atoms with Gasteiger partial charge in [-0.25, -0.2) is 15.2 Å². The molecule has 0 saturated carbocycles. The maximum Gasteiger partial charge on any atom is 0.417 e. The molecule has 6 nitrogen and oxygen atoms in total. The summed E-state index contributed by atoms with van der Waals surface area (Å²) in [5, 5.41) is 0. The van der Waals surface area contributed by atoms with Crippen LogP contribution in [-0.2, 0) is 6.18 Å². The van der Waals surface area contributed by atoms with Crippen molar-refractivity contribution >= 4 is 5.91 Å². The normalized spacial score (nSPS) is 17.3. The lowest BCUT2D eigenvalue weighted by Gasteiger charge is -2.26. The van der Waals surface area contributed by atoms with Gasteiger partial charge in [-0.1, -0.05) is 6.92 Å². The zero-order valence-corrected chi connectivity index (χ0v) is 12.5. The van der Waals surface area contributed by atoms with Gasteiger partial charge in [0.15, 0.2) is 0 Å². The number of nitrogens with zero attached hydrogens (tertiary/aromatic N) is 1. The van der Waals surface area contributed by atoms with E-state index in [0.29, 0.717) is 6.07 Å². The Kier molecular flexibility index (Phi) is 5.19. The minimum absolute atomic E-state index is 0.110. The number of hydrogen-bond donors (Lipinski definition) is 4. The molecular weight excluding hydrogens is 318 g/mol. The summed E-state index contributed by atoms with van der Waals surface area (Å²) < 4.78 is 52.1. The minimum atomic E-state index is -4.80. The minimum Gasteiger partial charge on any atom is -0.341 e. The molecule has 1 fully saturated rings. The van der Waals surface area contributed by atoms with E-state index in [2.05, 4.69) is 21.9 Å². The summed E-state index contributed by atoms with van der Waals surface area (Å²) in [6.07, 6.45) is -5.01. The molecule has 1 unspecified atom stereocenters. The first-order valence-corrected chi connectivity index (χ1v) is 6.83. The predicted molar refractivity (Wildman–Crippen MR) is 73.9 cm³/mol. The van der Waals surface area contributed by atoms with Crippen LogP contribution in [0.1, 0.15) is 22.8 Å². The van der Waals surface area contributed by atoms with Gasteiger partial charge in [0.05, 0.1) is 17.3 Å². The molecule has 1 aliphatic rings. The molecule has 0 aliphatic carbocycles. The number of rotatable bonds is 4. The summed E-state index contributed by atoms with van der Waals surface area (Å²) in [5.41, 5.74) is 9.08. The van der Waals surface area contributed by atoms with Gasteiger partial charge in [0.2, 0.25) is 0 Å². The van der Waals surface area contributed by atoms with Gasteiger partial charge in [-0.15, -0.1) is 0 Å². The van der Waals surface area contributed by atoms with Crippen molar-refractivity contribution in [3.63, 3.8) is 0 Å². The van der Waals surface area contributed by atoms with E-state index >= 15 is 0 Å². The highest BCUT2D eigenvalue weighted by Crippen LogP contribution is 2.33. The van der Waals surface area contributed by atoms with Crippen LogP contribution in [0.15, 0.2) is 18.2 Å². The Hall–Kier alpha value is -1.75. The molecule has 0 spiro atoms. The average Bonchev–Trinajstić information content (AvgIpc) is 2.99. The second-order valence-corrected chi connectivity index (χ2v) is 5.37. The molecule has 1 amide bonds. The van der Waals surface area contributed by atoms with Gasteiger partial charge < -0.3 is 4.90 Å². The largest absolute Gasteiger partial charge is 0.417 e. The van der Waals surface area contributed by atoms with Crippen molar-refractivity contribution < 1.29 is 22.4 Å². The lowest BCUT2D eigenvalue weighted by molar-refractivity contribution is -0.138. The number of halogens is 4. The van der Waals surface area contributed by atoms with Crippen LogP contribution in [0.3, 0.4) is 0 Å². The number of carbonyl (C=O) groups excluding carboxylic acids is 1. The van der Waals surface area contributed by atoms with Crippen LogP contribution in [0.25, 0.3) is 0 Å². The number of amides is 1. The van der Waals surface area contributed by atoms with Crippen LogP contribution < -0.4 is 21.9 Å². The van der Waals surface area contributed by atoms with E-state index in [1.165, 1.54) is 11.9 Å². The summed E-state index contributed by atoms with van der Waals surface area (Å²) in [5.74, 6) is -1.97. The summed E-state index contributed by atoms with van der Waals surface area (Å²) in [4.78, 5) is 13.5. The first-order chi connectivity index (χ1) is 10.7. The molecule has 0 bridgehead atoms. The molecule has 23 heavy (non-hydrogen) atoms. The highest BCUT2D eigenvalue weighted by molar-refractivity contribution is 5.95. The molecule has 1 aliphatic heterocycles.